The third-order valence-corrected chi connectivity index (χ3v) is 4.90. The summed E-state index contributed by atoms with van der Waals surface area (Å²) in [5, 5.41) is 3.00. The second kappa shape index (κ2) is 8.89. The van der Waals surface area contributed by atoms with Gasteiger partial charge in [-0.25, -0.2) is 4.79 Å². The predicted molar refractivity (Wildman–Crippen MR) is 99.4 cm³/mol. The molecule has 142 valence electrons. The molecule has 1 aromatic carbocycles. The number of carbonyl (C=O) groups is 2. The Morgan fingerprint density at radius 3 is 2.38 bits per heavy atom. The minimum Gasteiger partial charge on any atom is -0.450 e. The number of hydrogen-bond donors (Lipinski definition) is 1. The standard InChI is InChI=1S/C19H27N3O4/c1-2-26-19(24)22-11-9-21(10-12-22)17-5-3-16(4-6-17)20-18(23)15-7-13-25-14-8-15/h3-6,15H,2,7-14H2,1H3,(H,20,23). The van der Waals surface area contributed by atoms with Gasteiger partial charge in [0, 0.05) is 56.7 Å². The Bertz CT molecular complexity index is 606. The number of piperazine rings is 1. The van der Waals surface area contributed by atoms with Crippen LogP contribution in [0.4, 0.5) is 16.2 Å². The number of rotatable bonds is 4. The molecule has 0 radical (unpaired) electrons. The monoisotopic (exact) mass is 361 g/mol. The van der Waals surface area contributed by atoms with E-state index in [1.165, 1.54) is 0 Å². The summed E-state index contributed by atoms with van der Waals surface area (Å²) in [7, 11) is 0. The molecule has 2 amide bonds. The number of anilines is 2. The molecule has 0 aliphatic carbocycles. The summed E-state index contributed by atoms with van der Waals surface area (Å²) in [6.45, 7) is 6.39. The SMILES string of the molecule is CCOC(=O)N1CCN(c2ccc(NC(=O)C3CCOCC3)cc2)CC1. The average Bonchev–Trinajstić information content (AvgIpc) is 2.69. The first-order valence-corrected chi connectivity index (χ1v) is 9.32. The molecule has 0 aromatic heterocycles. The molecule has 0 atom stereocenters. The molecule has 1 aromatic rings. The van der Waals surface area contributed by atoms with E-state index in [0.717, 1.165) is 37.3 Å². The van der Waals surface area contributed by atoms with Gasteiger partial charge in [0.2, 0.25) is 5.91 Å². The predicted octanol–water partition coefficient (Wildman–Crippen LogP) is 2.33. The van der Waals surface area contributed by atoms with Crippen LogP contribution in [0.15, 0.2) is 24.3 Å². The van der Waals surface area contributed by atoms with E-state index in [1.54, 1.807) is 4.90 Å². The summed E-state index contributed by atoms with van der Waals surface area (Å²) in [6, 6.07) is 7.90. The van der Waals surface area contributed by atoms with Gasteiger partial charge in [-0.2, -0.15) is 0 Å². The largest absolute Gasteiger partial charge is 0.450 e. The minimum atomic E-state index is -0.238. The lowest BCUT2D eigenvalue weighted by atomic mass is 9.99. The molecular formula is C19H27N3O4. The fourth-order valence-corrected chi connectivity index (χ4v) is 3.32. The highest BCUT2D eigenvalue weighted by molar-refractivity contribution is 5.92. The second-order valence-corrected chi connectivity index (χ2v) is 6.60. The van der Waals surface area contributed by atoms with Crippen molar-refractivity contribution in [2.45, 2.75) is 19.8 Å². The summed E-state index contributed by atoms with van der Waals surface area (Å²) in [6.07, 6.45) is 1.34. The van der Waals surface area contributed by atoms with Crippen molar-refractivity contribution in [3.8, 4) is 0 Å². The van der Waals surface area contributed by atoms with Crippen molar-refractivity contribution >= 4 is 23.4 Å². The van der Waals surface area contributed by atoms with Crippen molar-refractivity contribution in [2.75, 3.05) is 56.2 Å². The number of benzene rings is 1. The van der Waals surface area contributed by atoms with Crippen molar-refractivity contribution in [1.29, 1.82) is 0 Å². The van der Waals surface area contributed by atoms with Gasteiger partial charge in [-0.3, -0.25) is 4.79 Å². The molecule has 1 N–H and O–H groups in total. The van der Waals surface area contributed by atoms with Crippen LogP contribution in [0.3, 0.4) is 0 Å². The Kier molecular flexibility index (Phi) is 6.33. The van der Waals surface area contributed by atoms with Crippen molar-refractivity contribution in [3.05, 3.63) is 24.3 Å². The first kappa shape index (κ1) is 18.5. The van der Waals surface area contributed by atoms with Gasteiger partial charge < -0.3 is 24.6 Å². The first-order valence-electron chi connectivity index (χ1n) is 9.32. The van der Waals surface area contributed by atoms with Crippen molar-refractivity contribution in [1.82, 2.24) is 4.90 Å². The van der Waals surface area contributed by atoms with E-state index in [-0.39, 0.29) is 17.9 Å². The lowest BCUT2D eigenvalue weighted by Crippen LogP contribution is -2.49. The van der Waals surface area contributed by atoms with Gasteiger partial charge >= 0.3 is 6.09 Å². The Balaban J connectivity index is 1.50. The van der Waals surface area contributed by atoms with E-state index in [4.69, 9.17) is 9.47 Å². The summed E-state index contributed by atoms with van der Waals surface area (Å²) in [5.41, 5.74) is 1.91. The summed E-state index contributed by atoms with van der Waals surface area (Å²) in [4.78, 5) is 28.0. The molecule has 2 aliphatic rings. The molecule has 0 unspecified atom stereocenters. The lowest BCUT2D eigenvalue weighted by molar-refractivity contribution is -0.122. The molecule has 2 aliphatic heterocycles. The molecule has 2 heterocycles. The van der Waals surface area contributed by atoms with Crippen LogP contribution in [0.25, 0.3) is 0 Å². The van der Waals surface area contributed by atoms with E-state index in [9.17, 15) is 9.59 Å². The molecule has 0 bridgehead atoms. The Labute approximate surface area is 154 Å². The number of amides is 2. The first-order chi connectivity index (χ1) is 12.7. The summed E-state index contributed by atoms with van der Waals surface area (Å²) < 4.78 is 10.3. The molecule has 2 fully saturated rings. The van der Waals surface area contributed by atoms with Gasteiger partial charge in [-0.1, -0.05) is 0 Å². The zero-order chi connectivity index (χ0) is 18.4. The number of ether oxygens (including phenoxy) is 2. The van der Waals surface area contributed by atoms with Crippen molar-refractivity contribution < 1.29 is 19.1 Å². The van der Waals surface area contributed by atoms with E-state index in [2.05, 4.69) is 10.2 Å². The van der Waals surface area contributed by atoms with Crippen LogP contribution in [0.1, 0.15) is 19.8 Å². The average molecular weight is 361 g/mol. The highest BCUT2D eigenvalue weighted by Gasteiger charge is 2.23. The Morgan fingerprint density at radius 2 is 1.77 bits per heavy atom. The fourth-order valence-electron chi connectivity index (χ4n) is 3.32. The van der Waals surface area contributed by atoms with Crippen molar-refractivity contribution in [3.63, 3.8) is 0 Å². The molecule has 7 heteroatoms. The second-order valence-electron chi connectivity index (χ2n) is 6.60. The summed E-state index contributed by atoms with van der Waals surface area (Å²) >= 11 is 0. The molecule has 0 spiro atoms. The molecule has 7 nitrogen and oxygen atoms in total. The maximum atomic E-state index is 12.3. The minimum absolute atomic E-state index is 0.0411. The number of carbonyl (C=O) groups excluding carboxylic acids is 2. The number of nitrogens with zero attached hydrogens (tertiary/aromatic N) is 2. The topological polar surface area (TPSA) is 71.1 Å². The van der Waals surface area contributed by atoms with E-state index < -0.39 is 0 Å². The van der Waals surface area contributed by atoms with Crippen LogP contribution in [0.2, 0.25) is 0 Å². The zero-order valence-electron chi connectivity index (χ0n) is 15.3. The van der Waals surface area contributed by atoms with Gasteiger partial charge in [0.05, 0.1) is 6.61 Å². The van der Waals surface area contributed by atoms with Crippen LogP contribution in [0.5, 0.6) is 0 Å². The van der Waals surface area contributed by atoms with Crippen LogP contribution in [-0.4, -0.2) is 62.9 Å². The van der Waals surface area contributed by atoms with Crippen LogP contribution in [0, 0.1) is 5.92 Å². The molecule has 2 saturated heterocycles. The van der Waals surface area contributed by atoms with Crippen LogP contribution in [-0.2, 0) is 14.3 Å². The molecule has 26 heavy (non-hydrogen) atoms. The zero-order valence-corrected chi connectivity index (χ0v) is 15.3. The van der Waals surface area contributed by atoms with Gasteiger partial charge in [0.1, 0.15) is 0 Å². The number of nitrogens with one attached hydrogen (secondary N) is 1. The van der Waals surface area contributed by atoms with Gasteiger partial charge in [-0.05, 0) is 44.0 Å². The molecule has 3 rings (SSSR count). The Morgan fingerprint density at radius 1 is 1.12 bits per heavy atom. The van der Waals surface area contributed by atoms with Gasteiger partial charge in [0.25, 0.3) is 0 Å². The highest BCUT2D eigenvalue weighted by Crippen LogP contribution is 2.22. The van der Waals surface area contributed by atoms with Gasteiger partial charge in [0.15, 0.2) is 0 Å². The quantitative estimate of drug-likeness (QED) is 0.891. The highest BCUT2D eigenvalue weighted by atomic mass is 16.6. The molecule has 0 saturated carbocycles. The maximum absolute atomic E-state index is 12.3. The van der Waals surface area contributed by atoms with Crippen molar-refractivity contribution in [2.24, 2.45) is 5.92 Å². The van der Waals surface area contributed by atoms with E-state index in [0.29, 0.717) is 32.9 Å². The third-order valence-electron chi connectivity index (χ3n) is 4.90. The third kappa shape index (κ3) is 4.66. The smallest absolute Gasteiger partial charge is 0.409 e. The van der Waals surface area contributed by atoms with Crippen LogP contribution >= 0.6 is 0 Å². The number of hydrogen-bond acceptors (Lipinski definition) is 5. The lowest BCUT2D eigenvalue weighted by Gasteiger charge is -2.35. The normalized spacial score (nSPS) is 18.5. The van der Waals surface area contributed by atoms with Crippen LogP contribution < -0.4 is 10.2 Å². The maximum Gasteiger partial charge on any atom is 0.409 e. The Hall–Kier alpha value is -2.28. The fraction of sp³-hybridized carbons (Fsp3) is 0.579. The molecular weight excluding hydrogens is 334 g/mol. The van der Waals surface area contributed by atoms with E-state index in [1.807, 2.05) is 31.2 Å². The van der Waals surface area contributed by atoms with E-state index >= 15 is 0 Å². The van der Waals surface area contributed by atoms with Gasteiger partial charge in [-0.15, -0.1) is 0 Å². The summed E-state index contributed by atoms with van der Waals surface area (Å²) in [5.74, 6) is 0.114.